The minimum atomic E-state index is 0.513. The van der Waals surface area contributed by atoms with Crippen LogP contribution in [0.25, 0.3) is 11.0 Å². The Labute approximate surface area is 127 Å². The summed E-state index contributed by atoms with van der Waals surface area (Å²) >= 11 is 1.73. The van der Waals surface area contributed by atoms with Crippen molar-refractivity contribution in [3.63, 3.8) is 0 Å². The van der Waals surface area contributed by atoms with Crippen molar-refractivity contribution in [2.75, 3.05) is 13.1 Å². The molecule has 0 amide bonds. The zero-order valence-electron chi connectivity index (χ0n) is 11.7. The monoisotopic (exact) mass is 299 g/mol. The summed E-state index contributed by atoms with van der Waals surface area (Å²) in [7, 11) is 0. The molecule has 0 spiro atoms. The van der Waals surface area contributed by atoms with E-state index in [1.54, 1.807) is 11.3 Å². The largest absolute Gasteiger partial charge is 0.298 e. The van der Waals surface area contributed by atoms with Crippen LogP contribution < -0.4 is 0 Å². The van der Waals surface area contributed by atoms with Gasteiger partial charge < -0.3 is 0 Å². The number of piperidine rings is 1. The van der Waals surface area contributed by atoms with E-state index >= 15 is 0 Å². The Morgan fingerprint density at radius 1 is 1.33 bits per heavy atom. The van der Waals surface area contributed by atoms with Crippen molar-refractivity contribution in [1.29, 1.82) is 0 Å². The molecule has 3 aromatic heterocycles. The van der Waals surface area contributed by atoms with E-state index in [-0.39, 0.29) is 0 Å². The van der Waals surface area contributed by atoms with Crippen molar-refractivity contribution in [3.8, 4) is 0 Å². The Balaban J connectivity index is 1.51. The third-order valence-corrected chi connectivity index (χ3v) is 4.87. The van der Waals surface area contributed by atoms with E-state index in [2.05, 4.69) is 32.2 Å². The maximum atomic E-state index is 4.74. The van der Waals surface area contributed by atoms with Crippen molar-refractivity contribution in [2.24, 2.45) is 0 Å². The Morgan fingerprint density at radius 3 is 3.24 bits per heavy atom. The molecule has 1 aliphatic heterocycles. The maximum Gasteiger partial charge on any atom is 0.155 e. The highest BCUT2D eigenvalue weighted by Gasteiger charge is 2.23. The molecule has 0 radical (unpaired) electrons. The zero-order chi connectivity index (χ0) is 14.1. The molecular weight excluding hydrogens is 282 g/mol. The molecule has 1 saturated heterocycles. The summed E-state index contributed by atoms with van der Waals surface area (Å²) in [5.41, 5.74) is 3.98. The maximum absolute atomic E-state index is 4.74. The lowest BCUT2D eigenvalue weighted by molar-refractivity contribution is 0.200. The summed E-state index contributed by atoms with van der Waals surface area (Å²) in [5.74, 6) is 0.513. The highest BCUT2D eigenvalue weighted by atomic mass is 32.1. The van der Waals surface area contributed by atoms with Gasteiger partial charge in [0.1, 0.15) is 0 Å². The molecule has 0 bridgehead atoms. The van der Waals surface area contributed by atoms with Crippen LogP contribution >= 0.6 is 11.3 Å². The number of nitrogens with zero attached hydrogens (tertiary/aromatic N) is 4. The van der Waals surface area contributed by atoms with Crippen molar-refractivity contribution >= 4 is 22.4 Å². The lowest BCUT2D eigenvalue weighted by Gasteiger charge is -2.32. The second-order valence-electron chi connectivity index (χ2n) is 5.59. The van der Waals surface area contributed by atoms with Crippen molar-refractivity contribution in [2.45, 2.75) is 25.3 Å². The van der Waals surface area contributed by atoms with Gasteiger partial charge in [0.15, 0.2) is 5.65 Å². The summed E-state index contributed by atoms with van der Waals surface area (Å²) in [6.07, 6.45) is 6.24. The van der Waals surface area contributed by atoms with Crippen LogP contribution in [0.15, 0.2) is 30.0 Å². The molecule has 1 N–H and O–H groups in total. The molecule has 0 aromatic carbocycles. The van der Waals surface area contributed by atoms with Gasteiger partial charge >= 0.3 is 0 Å². The van der Waals surface area contributed by atoms with Gasteiger partial charge in [-0.05, 0) is 31.5 Å². The van der Waals surface area contributed by atoms with E-state index in [4.69, 9.17) is 4.98 Å². The average Bonchev–Trinajstić information content (AvgIpc) is 3.17. The summed E-state index contributed by atoms with van der Waals surface area (Å²) in [6.45, 7) is 3.25. The average molecular weight is 299 g/mol. The van der Waals surface area contributed by atoms with Crippen LogP contribution in [0.4, 0.5) is 0 Å². The number of fused-ring (bicyclic) bond motifs is 1. The van der Waals surface area contributed by atoms with Crippen molar-refractivity contribution in [1.82, 2.24) is 25.1 Å². The van der Waals surface area contributed by atoms with E-state index in [0.29, 0.717) is 5.92 Å². The standard InChI is InChI=1S/C15H17N5S/c1-2-12(8-20(5-1)9-13-7-16-10-21-13)14-4-3-11-6-17-19-15(11)18-14/h3-4,6-7,10,12H,1-2,5,8-9H2,(H,17,18,19)/t12-/m0/s1. The first-order valence-electron chi connectivity index (χ1n) is 7.28. The molecule has 1 atom stereocenters. The predicted octanol–water partition coefficient (Wildman–Crippen LogP) is 2.79. The van der Waals surface area contributed by atoms with E-state index in [9.17, 15) is 0 Å². The molecule has 3 aromatic rings. The highest BCUT2D eigenvalue weighted by molar-refractivity contribution is 7.09. The second-order valence-corrected chi connectivity index (χ2v) is 6.56. The van der Waals surface area contributed by atoms with Crippen LogP contribution in [0, 0.1) is 0 Å². The van der Waals surface area contributed by atoms with E-state index in [1.165, 1.54) is 30.0 Å². The Bertz CT molecular complexity index is 721. The minimum absolute atomic E-state index is 0.513. The van der Waals surface area contributed by atoms with Crippen LogP contribution in [0.1, 0.15) is 29.3 Å². The summed E-state index contributed by atoms with van der Waals surface area (Å²) in [5, 5.41) is 8.09. The van der Waals surface area contributed by atoms with Gasteiger partial charge in [-0.2, -0.15) is 5.10 Å². The fourth-order valence-corrected chi connectivity index (χ4v) is 3.69. The number of nitrogens with one attached hydrogen (secondary N) is 1. The summed E-state index contributed by atoms with van der Waals surface area (Å²) in [6, 6.07) is 4.27. The van der Waals surface area contributed by atoms with Gasteiger partial charge in [-0.15, -0.1) is 11.3 Å². The molecule has 5 nitrogen and oxygen atoms in total. The van der Waals surface area contributed by atoms with Crippen LogP contribution in [0.5, 0.6) is 0 Å². The molecular formula is C15H17N5S. The predicted molar refractivity (Wildman–Crippen MR) is 83.3 cm³/mol. The van der Waals surface area contributed by atoms with Gasteiger partial charge in [0.25, 0.3) is 0 Å². The van der Waals surface area contributed by atoms with Crippen LogP contribution in [-0.2, 0) is 6.54 Å². The molecule has 1 aliphatic rings. The van der Waals surface area contributed by atoms with Gasteiger partial charge in [0, 0.05) is 41.2 Å². The SMILES string of the molecule is c1ncc(CN2CCC[C@H](c3ccc4cn[nH]c4n3)C2)s1. The molecule has 21 heavy (non-hydrogen) atoms. The molecule has 1 fully saturated rings. The number of rotatable bonds is 3. The normalized spacial score (nSPS) is 20.1. The number of aromatic nitrogens is 4. The lowest BCUT2D eigenvalue weighted by Crippen LogP contribution is -2.33. The Kier molecular flexibility index (Phi) is 3.40. The molecule has 4 rings (SSSR count). The number of hydrogen-bond donors (Lipinski definition) is 1. The Hall–Kier alpha value is -1.79. The third kappa shape index (κ3) is 2.69. The lowest BCUT2D eigenvalue weighted by atomic mass is 9.94. The molecule has 108 valence electrons. The number of thiazole rings is 1. The van der Waals surface area contributed by atoms with Gasteiger partial charge in [-0.3, -0.25) is 15.0 Å². The highest BCUT2D eigenvalue weighted by Crippen LogP contribution is 2.27. The van der Waals surface area contributed by atoms with E-state index in [1.807, 2.05) is 17.9 Å². The number of H-pyrrole nitrogens is 1. The zero-order valence-corrected chi connectivity index (χ0v) is 12.5. The second kappa shape index (κ2) is 5.54. The van der Waals surface area contributed by atoms with Crippen LogP contribution in [0.2, 0.25) is 0 Å². The third-order valence-electron chi connectivity index (χ3n) is 4.11. The summed E-state index contributed by atoms with van der Waals surface area (Å²) in [4.78, 5) is 12.8. The topological polar surface area (TPSA) is 57.7 Å². The first kappa shape index (κ1) is 12.9. The first-order chi connectivity index (χ1) is 10.4. The van der Waals surface area contributed by atoms with E-state index in [0.717, 1.165) is 24.1 Å². The van der Waals surface area contributed by atoms with Gasteiger partial charge in [-0.25, -0.2) is 4.98 Å². The van der Waals surface area contributed by atoms with Crippen molar-refractivity contribution in [3.05, 3.63) is 40.6 Å². The first-order valence-corrected chi connectivity index (χ1v) is 8.16. The minimum Gasteiger partial charge on any atom is -0.298 e. The van der Waals surface area contributed by atoms with Crippen LogP contribution in [0.3, 0.4) is 0 Å². The summed E-state index contributed by atoms with van der Waals surface area (Å²) < 4.78 is 0. The fraction of sp³-hybridized carbons (Fsp3) is 0.400. The smallest absolute Gasteiger partial charge is 0.155 e. The Morgan fingerprint density at radius 2 is 2.33 bits per heavy atom. The molecule has 4 heterocycles. The van der Waals surface area contributed by atoms with Crippen LogP contribution in [-0.4, -0.2) is 38.2 Å². The molecule has 0 aliphatic carbocycles. The van der Waals surface area contributed by atoms with E-state index < -0.39 is 0 Å². The number of likely N-dealkylation sites (tertiary alicyclic amines) is 1. The van der Waals surface area contributed by atoms with Crippen molar-refractivity contribution < 1.29 is 0 Å². The molecule has 0 saturated carbocycles. The number of hydrogen-bond acceptors (Lipinski definition) is 5. The quantitative estimate of drug-likeness (QED) is 0.808. The fourth-order valence-electron chi connectivity index (χ4n) is 3.05. The molecule has 6 heteroatoms. The number of pyridine rings is 1. The van der Waals surface area contributed by atoms with Gasteiger partial charge in [0.05, 0.1) is 11.7 Å². The van der Waals surface area contributed by atoms with Gasteiger partial charge in [0.2, 0.25) is 0 Å². The molecule has 0 unspecified atom stereocenters. The van der Waals surface area contributed by atoms with Gasteiger partial charge in [-0.1, -0.05) is 0 Å². The number of aromatic amines is 1.